The highest BCUT2D eigenvalue weighted by Gasteiger charge is 2.37. The molecule has 0 amide bonds. The molecule has 1 aliphatic heterocycles. The van der Waals surface area contributed by atoms with Gasteiger partial charge in [-0.25, -0.2) is 4.98 Å². The van der Waals surface area contributed by atoms with Crippen molar-refractivity contribution in [1.82, 2.24) is 9.55 Å². The molecule has 0 saturated carbocycles. The van der Waals surface area contributed by atoms with Crippen LogP contribution in [0.1, 0.15) is 29.0 Å². The Balaban J connectivity index is 0.963. The van der Waals surface area contributed by atoms with Gasteiger partial charge in [0.25, 0.3) is 0 Å². The van der Waals surface area contributed by atoms with Crippen LogP contribution in [0.5, 0.6) is 0 Å². The van der Waals surface area contributed by atoms with E-state index in [-0.39, 0.29) is 5.92 Å². The summed E-state index contributed by atoms with van der Waals surface area (Å²) in [4.78, 5) is 7.97. The number of benzene rings is 9. The Hall–Kier alpha value is -8.05. The average molecular weight is 860 g/mol. The van der Waals surface area contributed by atoms with Gasteiger partial charge in [0.2, 0.25) is 0 Å². The number of hydrogen-bond donors (Lipinski definition) is 0. The second kappa shape index (κ2) is 14.5. The maximum absolute atomic E-state index is 5.51. The van der Waals surface area contributed by atoms with Crippen molar-refractivity contribution >= 4 is 91.9 Å². The first-order valence-electron chi connectivity index (χ1n) is 22.9. The fourth-order valence-electron chi connectivity index (χ4n) is 11.3. The minimum Gasteiger partial charge on any atom is -0.313 e. The maximum Gasteiger partial charge on any atom is 0.0794 e. The molecule has 3 nitrogen and oxygen atoms in total. The molecule has 0 fully saturated rings. The number of fused-ring (bicyclic) bond motifs is 13. The van der Waals surface area contributed by atoms with Crippen LogP contribution in [0.15, 0.2) is 218 Å². The van der Waals surface area contributed by atoms with Crippen LogP contribution < -0.4 is 4.90 Å². The van der Waals surface area contributed by atoms with Crippen molar-refractivity contribution < 1.29 is 0 Å². The second-order valence-electron chi connectivity index (χ2n) is 17.8. The standard InChI is InChI=1S/C62H41N3S/c1-38-57(40-17-4-2-5-18-40)49-34-30-39-16-8-9-21-45(39)60(49)63-59(38)41-28-32-44(33-29-41)65-54-26-14-11-23-47(54)52-37-50(62-58(61(52)65)48-24-12-15-27-56(48)66-62)42-31-35-55-51(36-42)46-22-10-13-25-53(46)64(55)43-19-6-3-7-20-43/h2-35,37,51H,36H2,1H3. The molecule has 66 heavy (non-hydrogen) atoms. The van der Waals surface area contributed by atoms with Crippen LogP contribution in [-0.4, -0.2) is 9.55 Å². The minimum absolute atomic E-state index is 0.268. The third kappa shape index (κ3) is 5.46. The molecule has 0 saturated heterocycles. The van der Waals surface area contributed by atoms with Gasteiger partial charge in [-0.05, 0) is 107 Å². The lowest BCUT2D eigenvalue weighted by atomic mass is 9.84. The number of nitrogens with zero attached hydrogens (tertiary/aromatic N) is 3. The number of pyridine rings is 1. The predicted molar refractivity (Wildman–Crippen MR) is 281 cm³/mol. The normalized spacial score (nSPS) is 14.7. The lowest BCUT2D eigenvalue weighted by Gasteiger charge is -2.26. The molecule has 0 spiro atoms. The van der Waals surface area contributed by atoms with Gasteiger partial charge in [-0.15, -0.1) is 11.3 Å². The highest BCUT2D eigenvalue weighted by atomic mass is 32.1. The second-order valence-corrected chi connectivity index (χ2v) is 18.9. The highest BCUT2D eigenvalue weighted by Crippen LogP contribution is 2.55. The molecular formula is C62H41N3S. The smallest absolute Gasteiger partial charge is 0.0794 e. The van der Waals surface area contributed by atoms with Gasteiger partial charge < -0.3 is 9.47 Å². The van der Waals surface area contributed by atoms with Gasteiger partial charge in [-0.1, -0.05) is 158 Å². The van der Waals surface area contributed by atoms with Crippen LogP contribution in [0, 0.1) is 6.92 Å². The Kier molecular flexibility index (Phi) is 8.19. The molecule has 2 aliphatic rings. The lowest BCUT2D eigenvalue weighted by molar-refractivity contribution is 0.833. The van der Waals surface area contributed by atoms with Crippen molar-refractivity contribution in [2.24, 2.45) is 0 Å². The number of allylic oxidation sites excluding steroid dienone is 4. The lowest BCUT2D eigenvalue weighted by Crippen LogP contribution is -2.15. The fraction of sp³-hybridized carbons (Fsp3) is 0.0484. The largest absolute Gasteiger partial charge is 0.313 e. The van der Waals surface area contributed by atoms with Crippen molar-refractivity contribution in [3.05, 3.63) is 235 Å². The maximum atomic E-state index is 5.51. The molecule has 1 aliphatic carbocycles. The topological polar surface area (TPSA) is 21.1 Å². The molecule has 0 radical (unpaired) electrons. The molecule has 4 heterocycles. The molecule has 9 aromatic carbocycles. The molecule has 3 aromatic heterocycles. The van der Waals surface area contributed by atoms with E-state index < -0.39 is 0 Å². The molecule has 310 valence electrons. The zero-order valence-electron chi connectivity index (χ0n) is 36.2. The quantitative estimate of drug-likeness (QED) is 0.161. The summed E-state index contributed by atoms with van der Waals surface area (Å²) in [5.74, 6) is 0.268. The van der Waals surface area contributed by atoms with E-state index in [0.29, 0.717) is 0 Å². The van der Waals surface area contributed by atoms with Crippen molar-refractivity contribution in [1.29, 1.82) is 0 Å². The molecule has 4 heteroatoms. The van der Waals surface area contributed by atoms with Gasteiger partial charge in [-0.3, -0.25) is 0 Å². The van der Waals surface area contributed by atoms with Gasteiger partial charge in [-0.2, -0.15) is 0 Å². The molecule has 1 unspecified atom stereocenters. The number of thiophene rings is 1. The summed E-state index contributed by atoms with van der Waals surface area (Å²) in [6, 6.07) is 73.3. The summed E-state index contributed by atoms with van der Waals surface area (Å²) in [6.45, 7) is 2.24. The van der Waals surface area contributed by atoms with Crippen LogP contribution in [0.2, 0.25) is 0 Å². The summed E-state index contributed by atoms with van der Waals surface area (Å²) in [5, 5.41) is 8.71. The zero-order chi connectivity index (χ0) is 43.5. The van der Waals surface area contributed by atoms with Crippen LogP contribution in [0.25, 0.3) is 97.3 Å². The first kappa shape index (κ1) is 37.3. The Morgan fingerprint density at radius 3 is 2.12 bits per heavy atom. The molecule has 12 aromatic rings. The van der Waals surface area contributed by atoms with Crippen LogP contribution >= 0.6 is 11.3 Å². The number of aromatic nitrogens is 2. The van der Waals surface area contributed by atoms with E-state index in [0.717, 1.165) is 28.9 Å². The average Bonchev–Trinajstić information content (AvgIpc) is 4.04. The van der Waals surface area contributed by atoms with Crippen molar-refractivity contribution in [2.75, 3.05) is 4.90 Å². The summed E-state index contributed by atoms with van der Waals surface area (Å²) in [6.07, 6.45) is 5.73. The summed E-state index contributed by atoms with van der Waals surface area (Å²) >= 11 is 1.93. The Labute approximate surface area is 386 Å². The molecular weight excluding hydrogens is 819 g/mol. The summed E-state index contributed by atoms with van der Waals surface area (Å²) < 4.78 is 5.17. The minimum atomic E-state index is 0.268. The van der Waals surface area contributed by atoms with E-state index in [2.05, 4.69) is 229 Å². The Bertz CT molecular complexity index is 4020. The monoisotopic (exact) mass is 859 g/mol. The van der Waals surface area contributed by atoms with Crippen molar-refractivity contribution in [3.63, 3.8) is 0 Å². The van der Waals surface area contributed by atoms with Crippen molar-refractivity contribution in [3.8, 4) is 28.1 Å². The van der Waals surface area contributed by atoms with E-state index in [1.165, 1.54) is 109 Å². The SMILES string of the molecule is Cc1c(-c2ccc(-n3c4ccccc4c4cc(C5=CC=C6C(C5)c5ccccc5N6c5ccccc5)c5sc6ccccc6c5c43)cc2)nc2c(ccc3ccccc32)c1-c1ccccc1. The van der Waals surface area contributed by atoms with Gasteiger partial charge >= 0.3 is 0 Å². The van der Waals surface area contributed by atoms with Crippen LogP contribution in [-0.2, 0) is 0 Å². The van der Waals surface area contributed by atoms with E-state index in [1.54, 1.807) is 0 Å². The van der Waals surface area contributed by atoms with Crippen LogP contribution in [0.3, 0.4) is 0 Å². The fourth-order valence-corrected chi connectivity index (χ4v) is 12.6. The number of anilines is 2. The first-order chi connectivity index (χ1) is 32.7. The Morgan fingerprint density at radius 1 is 0.561 bits per heavy atom. The first-order valence-corrected chi connectivity index (χ1v) is 23.7. The van der Waals surface area contributed by atoms with E-state index in [9.17, 15) is 0 Å². The molecule has 0 N–H and O–H groups in total. The van der Waals surface area contributed by atoms with Crippen molar-refractivity contribution in [2.45, 2.75) is 19.3 Å². The van der Waals surface area contributed by atoms with E-state index in [4.69, 9.17) is 4.98 Å². The third-order valence-electron chi connectivity index (χ3n) is 14.3. The van der Waals surface area contributed by atoms with E-state index in [1.807, 2.05) is 11.3 Å². The van der Waals surface area contributed by atoms with Gasteiger partial charge in [0.1, 0.15) is 0 Å². The molecule has 14 rings (SSSR count). The van der Waals surface area contributed by atoms with Gasteiger partial charge in [0.05, 0.1) is 22.2 Å². The Morgan fingerprint density at radius 2 is 1.27 bits per heavy atom. The zero-order valence-corrected chi connectivity index (χ0v) is 37.1. The van der Waals surface area contributed by atoms with E-state index >= 15 is 0 Å². The van der Waals surface area contributed by atoms with Gasteiger partial charge in [0, 0.05) is 76.0 Å². The van der Waals surface area contributed by atoms with Gasteiger partial charge in [0.15, 0.2) is 0 Å². The number of rotatable bonds is 5. The molecule has 1 atom stereocenters. The molecule has 0 bridgehead atoms. The predicted octanol–water partition coefficient (Wildman–Crippen LogP) is 17.1. The number of para-hydroxylation sites is 3. The number of hydrogen-bond acceptors (Lipinski definition) is 3. The summed E-state index contributed by atoms with van der Waals surface area (Å²) in [5.41, 5.74) is 18.3. The third-order valence-corrected chi connectivity index (χ3v) is 15.5. The summed E-state index contributed by atoms with van der Waals surface area (Å²) in [7, 11) is 0. The van der Waals surface area contributed by atoms with Crippen LogP contribution in [0.4, 0.5) is 11.4 Å². The highest BCUT2D eigenvalue weighted by molar-refractivity contribution is 7.26.